The second kappa shape index (κ2) is 12.7. The molecule has 0 atom stereocenters. The van der Waals surface area contributed by atoms with Crippen molar-refractivity contribution in [2.24, 2.45) is 0 Å². The van der Waals surface area contributed by atoms with E-state index in [0.717, 1.165) is 67.8 Å². The molecule has 0 radical (unpaired) electrons. The molecule has 0 bridgehead atoms. The van der Waals surface area contributed by atoms with Crippen LogP contribution in [-0.2, 0) is 33.8 Å². The van der Waals surface area contributed by atoms with E-state index in [1.54, 1.807) is 6.07 Å². The Morgan fingerprint density at radius 3 is 2.43 bits per heavy atom. The van der Waals surface area contributed by atoms with E-state index in [9.17, 15) is 26.0 Å². The van der Waals surface area contributed by atoms with Gasteiger partial charge in [0.1, 0.15) is 11.6 Å². The zero-order chi connectivity index (χ0) is 31.6. The Labute approximate surface area is 253 Å². The highest BCUT2D eigenvalue weighted by molar-refractivity contribution is 7.92. The van der Waals surface area contributed by atoms with Crippen LogP contribution >= 0.6 is 0 Å². The minimum absolute atomic E-state index is 0.0337. The third kappa shape index (κ3) is 7.16. The number of rotatable bonds is 10. The summed E-state index contributed by atoms with van der Waals surface area (Å²) in [5.74, 6) is -0.264. The first-order valence-corrected chi connectivity index (χ1v) is 15.9. The number of methoxy groups -OCH3 is 1. The summed E-state index contributed by atoms with van der Waals surface area (Å²) in [6.45, 7) is 5.07. The molecule has 10 nitrogen and oxygen atoms in total. The monoisotopic (exact) mass is 638 g/mol. The van der Waals surface area contributed by atoms with E-state index in [1.807, 2.05) is 12.1 Å². The maximum Gasteiger partial charge on any atom is 0.419 e. The average molecular weight is 639 g/mol. The standard InChI is InChI=1S/C29H34F4N6O4S/c1-37(44(3,40)41)26-14-20(30)6-4-19(26)5-8-24-23(29(31,32)33)16-34-28(35-24)36-25-9-7-21(15-27(25)42-2)38-10-12-39(13-11-38)22-17-43-18-22/h4,6-7,9,14-16,22H,5,8,10-13,17-18H2,1-3H3,(H,34,35,36). The van der Waals surface area contributed by atoms with Crippen LogP contribution in [-0.4, -0.2) is 89.1 Å². The lowest BCUT2D eigenvalue weighted by Crippen LogP contribution is -2.56. The van der Waals surface area contributed by atoms with E-state index >= 15 is 0 Å². The van der Waals surface area contributed by atoms with Crippen molar-refractivity contribution < 1.29 is 35.5 Å². The first kappa shape index (κ1) is 31.7. The second-order valence-electron chi connectivity index (χ2n) is 10.8. The molecular formula is C29H34F4N6O4S. The quantitative estimate of drug-likeness (QED) is 0.329. The van der Waals surface area contributed by atoms with E-state index in [0.29, 0.717) is 29.2 Å². The number of hydrogen-bond donors (Lipinski definition) is 1. The van der Waals surface area contributed by atoms with Gasteiger partial charge in [0.05, 0.1) is 55.3 Å². The summed E-state index contributed by atoms with van der Waals surface area (Å²) >= 11 is 0. The van der Waals surface area contributed by atoms with Crippen molar-refractivity contribution in [2.45, 2.75) is 25.1 Å². The van der Waals surface area contributed by atoms with Crippen LogP contribution in [0.4, 0.5) is 40.6 Å². The number of alkyl halides is 3. The number of piperazine rings is 1. The van der Waals surface area contributed by atoms with E-state index < -0.39 is 27.6 Å². The number of benzene rings is 2. The van der Waals surface area contributed by atoms with Crippen molar-refractivity contribution >= 4 is 33.0 Å². The topological polar surface area (TPSA) is 100 Å². The van der Waals surface area contributed by atoms with Gasteiger partial charge >= 0.3 is 6.18 Å². The van der Waals surface area contributed by atoms with Crippen molar-refractivity contribution in [3.63, 3.8) is 0 Å². The molecule has 0 unspecified atom stereocenters. The van der Waals surface area contributed by atoms with Gasteiger partial charge in [-0.1, -0.05) is 6.07 Å². The van der Waals surface area contributed by atoms with E-state index in [4.69, 9.17) is 9.47 Å². The van der Waals surface area contributed by atoms with Gasteiger partial charge in [0.15, 0.2) is 0 Å². The number of anilines is 4. The fraction of sp³-hybridized carbons (Fsp3) is 0.448. The fourth-order valence-electron chi connectivity index (χ4n) is 5.26. The number of sulfonamides is 1. The molecule has 2 aliphatic rings. The third-order valence-electron chi connectivity index (χ3n) is 7.94. The highest BCUT2D eigenvalue weighted by Crippen LogP contribution is 2.35. The van der Waals surface area contributed by atoms with Gasteiger partial charge in [-0.3, -0.25) is 9.21 Å². The molecule has 2 saturated heterocycles. The van der Waals surface area contributed by atoms with E-state index in [2.05, 4.69) is 25.1 Å². The van der Waals surface area contributed by atoms with Gasteiger partial charge in [-0.05, 0) is 42.7 Å². The Morgan fingerprint density at radius 2 is 1.82 bits per heavy atom. The van der Waals surface area contributed by atoms with Crippen molar-refractivity contribution in [2.75, 3.05) is 74.3 Å². The van der Waals surface area contributed by atoms with Crippen LogP contribution in [0, 0.1) is 5.82 Å². The van der Waals surface area contributed by atoms with Gasteiger partial charge in [0, 0.05) is 51.2 Å². The van der Waals surface area contributed by atoms with Crippen LogP contribution in [0.15, 0.2) is 42.6 Å². The van der Waals surface area contributed by atoms with Gasteiger partial charge in [-0.25, -0.2) is 22.8 Å². The van der Waals surface area contributed by atoms with Gasteiger partial charge in [-0.2, -0.15) is 13.2 Å². The number of aryl methyl sites for hydroxylation is 2. The summed E-state index contributed by atoms with van der Waals surface area (Å²) in [6.07, 6.45) is -3.30. The zero-order valence-electron chi connectivity index (χ0n) is 24.6. The maximum absolute atomic E-state index is 14.0. The number of hydrogen-bond acceptors (Lipinski definition) is 9. The molecule has 15 heteroatoms. The summed E-state index contributed by atoms with van der Waals surface area (Å²) in [4.78, 5) is 12.8. The van der Waals surface area contributed by atoms with E-state index in [-0.39, 0.29) is 30.2 Å². The number of aromatic nitrogens is 2. The van der Waals surface area contributed by atoms with Crippen LogP contribution in [0.25, 0.3) is 0 Å². The number of nitrogens with one attached hydrogen (secondary N) is 1. The predicted molar refractivity (Wildman–Crippen MR) is 159 cm³/mol. The van der Waals surface area contributed by atoms with Gasteiger partial charge in [-0.15, -0.1) is 0 Å². The molecule has 2 fully saturated rings. The molecule has 2 aromatic carbocycles. The molecular weight excluding hydrogens is 604 g/mol. The smallest absolute Gasteiger partial charge is 0.419 e. The molecule has 0 spiro atoms. The number of ether oxygens (including phenoxy) is 2. The minimum atomic E-state index is -4.72. The molecule has 238 valence electrons. The van der Waals surface area contributed by atoms with Crippen molar-refractivity contribution in [1.82, 2.24) is 14.9 Å². The lowest BCUT2D eigenvalue weighted by molar-refractivity contribution is -0.138. The largest absolute Gasteiger partial charge is 0.494 e. The van der Waals surface area contributed by atoms with Crippen LogP contribution in [0.1, 0.15) is 16.8 Å². The Balaban J connectivity index is 1.35. The molecule has 1 N–H and O–H groups in total. The molecule has 0 aliphatic carbocycles. The lowest BCUT2D eigenvalue weighted by atomic mass is 10.0. The molecule has 0 amide bonds. The highest BCUT2D eigenvalue weighted by atomic mass is 32.2. The third-order valence-corrected chi connectivity index (χ3v) is 9.13. The second-order valence-corrected chi connectivity index (χ2v) is 12.8. The van der Waals surface area contributed by atoms with Gasteiger partial charge in [0.2, 0.25) is 16.0 Å². The average Bonchev–Trinajstić information content (AvgIpc) is 2.95. The summed E-state index contributed by atoms with van der Waals surface area (Å²) in [7, 11) is -0.983. The minimum Gasteiger partial charge on any atom is -0.494 e. The first-order valence-electron chi connectivity index (χ1n) is 14.0. The van der Waals surface area contributed by atoms with Crippen molar-refractivity contribution in [3.8, 4) is 5.75 Å². The Morgan fingerprint density at radius 1 is 1.09 bits per heavy atom. The Bertz CT molecular complexity index is 1600. The maximum atomic E-state index is 14.0. The Hall–Kier alpha value is -3.69. The van der Waals surface area contributed by atoms with Crippen LogP contribution in [0.2, 0.25) is 0 Å². The molecule has 3 aromatic rings. The zero-order valence-corrected chi connectivity index (χ0v) is 25.4. The predicted octanol–water partition coefficient (Wildman–Crippen LogP) is 4.09. The SMILES string of the molecule is COc1cc(N2CCN(C3COC3)CC2)ccc1Nc1ncc(C(F)(F)F)c(CCc2ccc(F)cc2N(C)S(C)(=O)=O)n1. The lowest BCUT2D eigenvalue weighted by Gasteiger charge is -2.43. The molecule has 2 aliphatic heterocycles. The molecule has 5 rings (SSSR count). The number of nitrogens with zero attached hydrogens (tertiary/aromatic N) is 5. The molecule has 1 aromatic heterocycles. The van der Waals surface area contributed by atoms with Crippen molar-refractivity contribution in [1.29, 1.82) is 0 Å². The first-order chi connectivity index (χ1) is 20.8. The molecule has 0 saturated carbocycles. The number of halogens is 4. The molecule has 44 heavy (non-hydrogen) atoms. The summed E-state index contributed by atoms with van der Waals surface area (Å²) in [5, 5.41) is 2.97. The van der Waals surface area contributed by atoms with Crippen molar-refractivity contribution in [3.05, 3.63) is 65.2 Å². The van der Waals surface area contributed by atoms with Crippen LogP contribution in [0.3, 0.4) is 0 Å². The Kier molecular flexibility index (Phi) is 9.18. The highest BCUT2D eigenvalue weighted by Gasteiger charge is 2.35. The van der Waals surface area contributed by atoms with E-state index in [1.165, 1.54) is 20.2 Å². The molecule has 3 heterocycles. The van der Waals surface area contributed by atoms with Crippen LogP contribution < -0.4 is 19.3 Å². The normalized spacial score (nSPS) is 16.5. The summed E-state index contributed by atoms with van der Waals surface area (Å²) in [6, 6.07) is 9.55. The van der Waals surface area contributed by atoms with Gasteiger partial charge in [0.25, 0.3) is 0 Å². The summed E-state index contributed by atoms with van der Waals surface area (Å²) < 4.78 is 91.7. The summed E-state index contributed by atoms with van der Waals surface area (Å²) in [5.41, 5.74) is 0.509. The fourth-order valence-corrected chi connectivity index (χ4v) is 5.78. The van der Waals surface area contributed by atoms with Crippen LogP contribution in [0.5, 0.6) is 5.75 Å². The van der Waals surface area contributed by atoms with Gasteiger partial charge < -0.3 is 19.7 Å².